The molecule has 7 heteroatoms. The molecule has 1 amide bonds. The largest absolute Gasteiger partial charge is 0.480 e. The number of benzene rings is 2. The van der Waals surface area contributed by atoms with Gasteiger partial charge >= 0.3 is 12.1 Å². The molecule has 0 radical (unpaired) electrons. The second-order valence-electron chi connectivity index (χ2n) is 7.68. The number of fused-ring (bicyclic) bond motifs is 3. The number of alkyl carbamates (subject to hydrolysis) is 1. The number of carboxylic acid groups (broad SMARTS) is 1. The fraction of sp³-hybridized carbons (Fsp3) is 0.292. The third-order valence-electron chi connectivity index (χ3n) is 5.51. The van der Waals surface area contributed by atoms with Crippen molar-refractivity contribution in [1.29, 1.82) is 0 Å². The maximum Gasteiger partial charge on any atom is 0.407 e. The molecule has 1 aliphatic carbocycles. The molecule has 0 fully saturated rings. The van der Waals surface area contributed by atoms with Gasteiger partial charge < -0.3 is 15.2 Å². The van der Waals surface area contributed by atoms with E-state index in [4.69, 9.17) is 4.74 Å². The normalized spacial score (nSPS) is 13.3. The van der Waals surface area contributed by atoms with Gasteiger partial charge in [-0.05, 0) is 34.2 Å². The molecular weight excluding hydrogens is 394 g/mol. The second kappa shape index (κ2) is 9.04. The van der Waals surface area contributed by atoms with Crippen LogP contribution >= 0.6 is 0 Å². The summed E-state index contributed by atoms with van der Waals surface area (Å²) < 4.78 is 7.23. The minimum absolute atomic E-state index is 0.0753. The smallest absolute Gasteiger partial charge is 0.407 e. The number of aromatic nitrogens is 2. The van der Waals surface area contributed by atoms with E-state index < -0.39 is 18.1 Å². The average molecular weight is 419 g/mol. The highest BCUT2D eigenvalue weighted by Crippen LogP contribution is 2.44. The molecule has 7 nitrogen and oxygen atoms in total. The van der Waals surface area contributed by atoms with Crippen LogP contribution in [0.3, 0.4) is 0 Å². The van der Waals surface area contributed by atoms with Gasteiger partial charge in [0.05, 0.1) is 6.20 Å². The number of aryl methyl sites for hydroxylation is 1. The Morgan fingerprint density at radius 1 is 1.13 bits per heavy atom. The Labute approximate surface area is 180 Å². The van der Waals surface area contributed by atoms with E-state index in [1.165, 1.54) is 0 Å². The number of ether oxygens (including phenoxy) is 1. The van der Waals surface area contributed by atoms with Crippen LogP contribution in [0.25, 0.3) is 11.1 Å². The number of carbonyl (C=O) groups excluding carboxylic acids is 1. The van der Waals surface area contributed by atoms with Gasteiger partial charge in [0, 0.05) is 25.1 Å². The fourth-order valence-corrected chi connectivity index (χ4v) is 4.08. The summed E-state index contributed by atoms with van der Waals surface area (Å²) in [6, 6.07) is 15.0. The topological polar surface area (TPSA) is 93.5 Å². The first-order chi connectivity index (χ1) is 15.1. The number of rotatable bonds is 8. The molecular formula is C24H25N3O4. The number of amides is 1. The van der Waals surface area contributed by atoms with Crippen LogP contribution < -0.4 is 5.32 Å². The third-order valence-corrected chi connectivity index (χ3v) is 5.51. The van der Waals surface area contributed by atoms with Crippen molar-refractivity contribution in [2.75, 3.05) is 6.61 Å². The monoisotopic (exact) mass is 419 g/mol. The minimum Gasteiger partial charge on any atom is -0.480 e. The molecule has 0 saturated heterocycles. The number of aliphatic carboxylic acids is 1. The first-order valence-corrected chi connectivity index (χ1v) is 10.4. The van der Waals surface area contributed by atoms with E-state index in [1.807, 2.05) is 43.3 Å². The predicted octanol–water partition coefficient (Wildman–Crippen LogP) is 3.83. The van der Waals surface area contributed by atoms with Crippen molar-refractivity contribution in [3.8, 4) is 11.1 Å². The van der Waals surface area contributed by atoms with Crippen LogP contribution in [-0.4, -0.2) is 39.6 Å². The first-order valence-electron chi connectivity index (χ1n) is 10.4. The summed E-state index contributed by atoms with van der Waals surface area (Å²) in [5.41, 5.74) is 5.24. The van der Waals surface area contributed by atoms with Crippen LogP contribution in [0.15, 0.2) is 60.9 Å². The van der Waals surface area contributed by atoms with Crippen LogP contribution in [0.4, 0.5) is 4.79 Å². The van der Waals surface area contributed by atoms with Gasteiger partial charge in [0.25, 0.3) is 0 Å². The van der Waals surface area contributed by atoms with Gasteiger partial charge in [-0.2, -0.15) is 5.10 Å². The molecule has 160 valence electrons. The van der Waals surface area contributed by atoms with Crippen molar-refractivity contribution in [2.45, 2.75) is 38.3 Å². The summed E-state index contributed by atoms with van der Waals surface area (Å²) >= 11 is 0. The Morgan fingerprint density at radius 2 is 1.77 bits per heavy atom. The first kappa shape index (κ1) is 20.7. The predicted molar refractivity (Wildman–Crippen MR) is 116 cm³/mol. The Bertz CT molecular complexity index is 1050. The quantitative estimate of drug-likeness (QED) is 0.579. The summed E-state index contributed by atoms with van der Waals surface area (Å²) in [6.45, 7) is 2.94. The summed E-state index contributed by atoms with van der Waals surface area (Å²) in [4.78, 5) is 24.1. The molecule has 1 aliphatic rings. The summed E-state index contributed by atoms with van der Waals surface area (Å²) in [6.07, 6.45) is 3.77. The molecule has 0 bridgehead atoms. The highest BCUT2D eigenvalue weighted by molar-refractivity contribution is 5.81. The number of carboxylic acids is 1. The van der Waals surface area contributed by atoms with Crippen LogP contribution in [0.2, 0.25) is 0 Å². The highest BCUT2D eigenvalue weighted by Gasteiger charge is 2.29. The molecule has 2 N–H and O–H groups in total. The average Bonchev–Trinajstić information content (AvgIpc) is 3.34. The van der Waals surface area contributed by atoms with E-state index in [2.05, 4.69) is 22.5 Å². The summed E-state index contributed by atoms with van der Waals surface area (Å²) in [5.74, 6) is -1.19. The Kier molecular flexibility index (Phi) is 6.02. The second-order valence-corrected chi connectivity index (χ2v) is 7.68. The number of nitrogens with zero attached hydrogens (tertiary/aromatic N) is 2. The maximum absolute atomic E-state index is 12.4. The zero-order valence-electron chi connectivity index (χ0n) is 17.3. The van der Waals surface area contributed by atoms with Gasteiger partial charge in [0.2, 0.25) is 0 Å². The van der Waals surface area contributed by atoms with Crippen molar-refractivity contribution in [3.63, 3.8) is 0 Å². The molecule has 4 rings (SSSR count). The van der Waals surface area contributed by atoms with E-state index in [1.54, 1.807) is 17.1 Å². The Hall–Kier alpha value is -3.61. The van der Waals surface area contributed by atoms with Gasteiger partial charge in [-0.3, -0.25) is 4.68 Å². The van der Waals surface area contributed by atoms with Crippen molar-refractivity contribution >= 4 is 12.1 Å². The van der Waals surface area contributed by atoms with Gasteiger partial charge in [0.1, 0.15) is 12.6 Å². The van der Waals surface area contributed by atoms with Crippen molar-refractivity contribution in [2.24, 2.45) is 0 Å². The molecule has 1 aromatic heterocycles. The number of carbonyl (C=O) groups is 2. The van der Waals surface area contributed by atoms with Gasteiger partial charge in [-0.25, -0.2) is 9.59 Å². The molecule has 1 unspecified atom stereocenters. The van der Waals surface area contributed by atoms with E-state index in [0.717, 1.165) is 40.8 Å². The third kappa shape index (κ3) is 4.45. The van der Waals surface area contributed by atoms with Crippen LogP contribution in [0.1, 0.15) is 36.0 Å². The zero-order valence-corrected chi connectivity index (χ0v) is 17.3. The lowest BCUT2D eigenvalue weighted by Gasteiger charge is -2.17. The molecule has 0 aliphatic heterocycles. The van der Waals surface area contributed by atoms with Crippen molar-refractivity contribution < 1.29 is 19.4 Å². The van der Waals surface area contributed by atoms with Crippen LogP contribution in [0.5, 0.6) is 0 Å². The van der Waals surface area contributed by atoms with Gasteiger partial charge in [-0.15, -0.1) is 0 Å². The molecule has 0 spiro atoms. The number of nitrogens with one attached hydrogen (secondary N) is 1. The molecule has 3 aromatic rings. The summed E-state index contributed by atoms with van der Waals surface area (Å²) in [7, 11) is 0. The van der Waals surface area contributed by atoms with Gasteiger partial charge in [0.15, 0.2) is 0 Å². The summed E-state index contributed by atoms with van der Waals surface area (Å²) in [5, 5.41) is 16.2. The molecule has 31 heavy (non-hydrogen) atoms. The van der Waals surface area contributed by atoms with Crippen molar-refractivity contribution in [1.82, 2.24) is 15.1 Å². The fourth-order valence-electron chi connectivity index (χ4n) is 4.08. The number of hydrogen-bond donors (Lipinski definition) is 2. The van der Waals surface area contributed by atoms with E-state index in [0.29, 0.717) is 0 Å². The standard InChI is InChI=1S/C24H25N3O4/c1-2-11-27-14-16(13-25-27)12-22(23(28)29)26-24(30)31-15-21-19-9-5-3-7-17(19)18-8-4-6-10-20(18)21/h3-10,13-14,21-22H,2,11-12,15H2,1H3,(H,26,30)(H,28,29). The van der Waals surface area contributed by atoms with E-state index in [-0.39, 0.29) is 18.9 Å². The highest BCUT2D eigenvalue weighted by atomic mass is 16.5. The zero-order chi connectivity index (χ0) is 21.8. The Morgan fingerprint density at radius 3 is 2.39 bits per heavy atom. The number of hydrogen-bond acceptors (Lipinski definition) is 4. The molecule has 0 saturated carbocycles. The SMILES string of the molecule is CCCn1cc(CC(NC(=O)OCC2c3ccccc3-c3ccccc32)C(=O)O)cn1. The van der Waals surface area contributed by atoms with E-state index >= 15 is 0 Å². The molecule has 1 atom stereocenters. The van der Waals surface area contributed by atoms with Crippen LogP contribution in [0, 0.1) is 0 Å². The minimum atomic E-state index is -1.11. The maximum atomic E-state index is 12.4. The van der Waals surface area contributed by atoms with E-state index in [9.17, 15) is 14.7 Å². The molecule has 2 aromatic carbocycles. The van der Waals surface area contributed by atoms with Gasteiger partial charge in [-0.1, -0.05) is 55.5 Å². The molecule has 1 heterocycles. The van der Waals surface area contributed by atoms with Crippen molar-refractivity contribution in [3.05, 3.63) is 77.6 Å². The lowest BCUT2D eigenvalue weighted by Crippen LogP contribution is -2.42. The van der Waals surface area contributed by atoms with Crippen LogP contribution in [-0.2, 0) is 22.5 Å². The Balaban J connectivity index is 1.40. The lowest BCUT2D eigenvalue weighted by molar-refractivity contribution is -0.139. The lowest BCUT2D eigenvalue weighted by atomic mass is 9.98.